The average Bonchev–Trinajstić information content (AvgIpc) is 2.88. The molecule has 1 aromatic carbocycles. The van der Waals surface area contributed by atoms with Crippen molar-refractivity contribution in [3.63, 3.8) is 0 Å². The SMILES string of the molecule is COCCN1CCN(C(CN2CCN(NC(=O)C3CCCCC3)CC2)c2ccccc2)CC1. The summed E-state index contributed by atoms with van der Waals surface area (Å²) in [4.78, 5) is 20.4. The Labute approximate surface area is 200 Å². The van der Waals surface area contributed by atoms with E-state index in [0.717, 1.165) is 84.9 Å². The third-order valence-corrected chi connectivity index (χ3v) is 7.69. The van der Waals surface area contributed by atoms with Crippen molar-refractivity contribution in [3.8, 4) is 0 Å². The average molecular weight is 458 g/mol. The first-order valence-corrected chi connectivity index (χ1v) is 13.0. The second-order valence-electron chi connectivity index (χ2n) is 9.90. The van der Waals surface area contributed by atoms with Crippen LogP contribution in [0.5, 0.6) is 0 Å². The topological polar surface area (TPSA) is 51.3 Å². The number of benzene rings is 1. The highest BCUT2D eigenvalue weighted by Crippen LogP contribution is 2.25. The molecule has 1 atom stereocenters. The summed E-state index contributed by atoms with van der Waals surface area (Å²) in [7, 11) is 1.78. The van der Waals surface area contributed by atoms with E-state index >= 15 is 0 Å². The molecule has 0 spiro atoms. The zero-order valence-electron chi connectivity index (χ0n) is 20.5. The molecule has 33 heavy (non-hydrogen) atoms. The fourth-order valence-electron chi connectivity index (χ4n) is 5.52. The van der Waals surface area contributed by atoms with Crippen molar-refractivity contribution < 1.29 is 9.53 Å². The Kier molecular flexibility index (Phi) is 9.56. The zero-order valence-corrected chi connectivity index (χ0v) is 20.5. The number of piperazine rings is 2. The van der Waals surface area contributed by atoms with E-state index < -0.39 is 0 Å². The Morgan fingerprint density at radius 1 is 0.939 bits per heavy atom. The number of ether oxygens (including phenoxy) is 1. The standard InChI is InChI=1S/C26H43N5O2/c1-33-21-20-28-12-16-30(17-13-28)25(23-8-4-2-5-9-23)22-29-14-18-31(19-15-29)27-26(32)24-10-6-3-7-11-24/h2,4-5,8-9,24-25H,3,6-7,10-22H2,1H3,(H,27,32). The van der Waals surface area contributed by atoms with E-state index in [4.69, 9.17) is 4.74 Å². The number of carbonyl (C=O) groups excluding carboxylic acids is 1. The fraction of sp³-hybridized carbons (Fsp3) is 0.731. The Balaban J connectivity index is 1.28. The molecule has 3 aliphatic rings. The molecular formula is C26H43N5O2. The minimum absolute atomic E-state index is 0.224. The molecule has 1 amide bonds. The van der Waals surface area contributed by atoms with E-state index in [1.165, 1.54) is 24.8 Å². The van der Waals surface area contributed by atoms with Gasteiger partial charge in [-0.05, 0) is 18.4 Å². The molecule has 0 aromatic heterocycles. The van der Waals surface area contributed by atoms with Crippen LogP contribution < -0.4 is 5.43 Å². The Hall–Kier alpha value is -1.51. The molecule has 4 rings (SSSR count). The van der Waals surface area contributed by atoms with Gasteiger partial charge in [-0.25, -0.2) is 5.01 Å². The van der Waals surface area contributed by atoms with Gasteiger partial charge in [0.05, 0.1) is 6.61 Å². The molecular weight excluding hydrogens is 414 g/mol. The molecule has 2 heterocycles. The number of amides is 1. The minimum atomic E-state index is 0.224. The summed E-state index contributed by atoms with van der Waals surface area (Å²) in [5, 5.41) is 2.15. The van der Waals surface area contributed by atoms with Crippen molar-refractivity contribution in [1.29, 1.82) is 0 Å². The summed E-state index contributed by atoms with van der Waals surface area (Å²) in [6, 6.07) is 11.4. The van der Waals surface area contributed by atoms with Crippen LogP contribution in [0.2, 0.25) is 0 Å². The first-order chi connectivity index (χ1) is 16.2. The van der Waals surface area contributed by atoms with E-state index in [1.807, 2.05) is 0 Å². The second-order valence-corrected chi connectivity index (χ2v) is 9.90. The van der Waals surface area contributed by atoms with Crippen LogP contribution in [0.15, 0.2) is 30.3 Å². The first-order valence-electron chi connectivity index (χ1n) is 13.0. The summed E-state index contributed by atoms with van der Waals surface area (Å²) < 4.78 is 5.26. The van der Waals surface area contributed by atoms with Gasteiger partial charge in [-0.15, -0.1) is 0 Å². The van der Waals surface area contributed by atoms with Crippen molar-refractivity contribution in [2.45, 2.75) is 38.1 Å². The number of hydrogen-bond acceptors (Lipinski definition) is 6. The fourth-order valence-corrected chi connectivity index (χ4v) is 5.52. The van der Waals surface area contributed by atoms with Crippen LogP contribution in [0.25, 0.3) is 0 Å². The van der Waals surface area contributed by atoms with Gasteiger partial charge >= 0.3 is 0 Å². The Morgan fingerprint density at radius 3 is 2.27 bits per heavy atom. The lowest BCUT2D eigenvalue weighted by molar-refractivity contribution is -0.131. The molecule has 184 valence electrons. The van der Waals surface area contributed by atoms with Gasteiger partial charge in [0.15, 0.2) is 0 Å². The van der Waals surface area contributed by atoms with Gasteiger partial charge < -0.3 is 4.74 Å². The third kappa shape index (κ3) is 7.23. The van der Waals surface area contributed by atoms with Crippen LogP contribution in [0.3, 0.4) is 0 Å². The lowest BCUT2D eigenvalue weighted by Crippen LogP contribution is -2.56. The predicted octanol–water partition coefficient (Wildman–Crippen LogP) is 2.22. The van der Waals surface area contributed by atoms with Gasteiger partial charge in [-0.1, -0.05) is 49.6 Å². The molecule has 2 aliphatic heterocycles. The van der Waals surface area contributed by atoms with Crippen LogP contribution in [0.4, 0.5) is 0 Å². The summed E-state index contributed by atoms with van der Waals surface area (Å²) >= 11 is 0. The molecule has 1 N–H and O–H groups in total. The van der Waals surface area contributed by atoms with Crippen LogP contribution in [0.1, 0.15) is 43.7 Å². The van der Waals surface area contributed by atoms with Gasteiger partial charge in [-0.3, -0.25) is 24.9 Å². The summed E-state index contributed by atoms with van der Waals surface area (Å²) in [5.41, 5.74) is 4.63. The second kappa shape index (κ2) is 12.8. The number of hydrogen-bond donors (Lipinski definition) is 1. The van der Waals surface area contributed by atoms with Gasteiger partial charge in [0.1, 0.15) is 0 Å². The van der Waals surface area contributed by atoms with Gasteiger partial charge in [-0.2, -0.15) is 0 Å². The molecule has 0 bridgehead atoms. The maximum absolute atomic E-state index is 12.6. The number of nitrogens with one attached hydrogen (secondary N) is 1. The highest BCUT2D eigenvalue weighted by atomic mass is 16.5. The quantitative estimate of drug-likeness (QED) is 0.614. The molecule has 3 fully saturated rings. The van der Waals surface area contributed by atoms with Gasteiger partial charge in [0.25, 0.3) is 0 Å². The highest BCUT2D eigenvalue weighted by Gasteiger charge is 2.29. The largest absolute Gasteiger partial charge is 0.383 e. The molecule has 1 unspecified atom stereocenters. The van der Waals surface area contributed by atoms with Crippen molar-refractivity contribution in [2.75, 3.05) is 79.2 Å². The number of methoxy groups -OCH3 is 1. The van der Waals surface area contributed by atoms with Crippen LogP contribution in [-0.2, 0) is 9.53 Å². The zero-order chi connectivity index (χ0) is 22.9. The maximum Gasteiger partial charge on any atom is 0.237 e. The molecule has 7 heteroatoms. The normalized spacial score (nSPS) is 23.4. The number of rotatable bonds is 9. The van der Waals surface area contributed by atoms with E-state index in [0.29, 0.717) is 6.04 Å². The number of carbonyl (C=O) groups is 1. The smallest absolute Gasteiger partial charge is 0.237 e. The summed E-state index contributed by atoms with van der Waals surface area (Å²) in [5.74, 6) is 0.471. The molecule has 2 saturated heterocycles. The molecule has 7 nitrogen and oxygen atoms in total. The van der Waals surface area contributed by atoms with E-state index in [2.05, 4.69) is 55.5 Å². The number of hydrazine groups is 1. The van der Waals surface area contributed by atoms with E-state index in [-0.39, 0.29) is 11.8 Å². The van der Waals surface area contributed by atoms with Crippen molar-refractivity contribution in [3.05, 3.63) is 35.9 Å². The Morgan fingerprint density at radius 2 is 1.61 bits per heavy atom. The summed E-state index contributed by atoms with van der Waals surface area (Å²) in [6.07, 6.45) is 5.81. The van der Waals surface area contributed by atoms with Crippen molar-refractivity contribution in [1.82, 2.24) is 25.1 Å². The van der Waals surface area contributed by atoms with Crippen molar-refractivity contribution in [2.24, 2.45) is 5.92 Å². The predicted molar refractivity (Wildman–Crippen MR) is 132 cm³/mol. The van der Waals surface area contributed by atoms with Crippen molar-refractivity contribution >= 4 is 5.91 Å². The van der Waals surface area contributed by atoms with Gasteiger partial charge in [0.2, 0.25) is 5.91 Å². The molecule has 1 aromatic rings. The molecule has 0 radical (unpaired) electrons. The highest BCUT2D eigenvalue weighted by molar-refractivity contribution is 5.78. The monoisotopic (exact) mass is 457 g/mol. The van der Waals surface area contributed by atoms with Crippen LogP contribution in [0, 0.1) is 5.92 Å². The molecule has 1 aliphatic carbocycles. The summed E-state index contributed by atoms with van der Waals surface area (Å²) in [6.45, 7) is 11.1. The van der Waals surface area contributed by atoms with Gasteiger partial charge in [0, 0.05) is 84.5 Å². The van der Waals surface area contributed by atoms with Crippen LogP contribution in [-0.4, -0.2) is 105 Å². The minimum Gasteiger partial charge on any atom is -0.383 e. The maximum atomic E-state index is 12.6. The van der Waals surface area contributed by atoms with Crippen LogP contribution >= 0.6 is 0 Å². The van der Waals surface area contributed by atoms with E-state index in [1.54, 1.807) is 7.11 Å². The first kappa shape index (κ1) is 24.6. The molecule has 1 saturated carbocycles. The Bertz CT molecular complexity index is 696. The lowest BCUT2D eigenvalue weighted by atomic mass is 9.89. The van der Waals surface area contributed by atoms with E-state index in [9.17, 15) is 4.79 Å². The third-order valence-electron chi connectivity index (χ3n) is 7.69. The lowest BCUT2D eigenvalue weighted by Gasteiger charge is -2.43. The number of nitrogens with zero attached hydrogens (tertiary/aromatic N) is 4.